The van der Waals surface area contributed by atoms with E-state index in [0.717, 1.165) is 23.7 Å². The van der Waals surface area contributed by atoms with Gasteiger partial charge in [0.25, 0.3) is 0 Å². The zero-order valence-electron chi connectivity index (χ0n) is 10.0. The third-order valence-corrected chi connectivity index (χ3v) is 3.32. The fraction of sp³-hybridized carbons (Fsp3) is 0.357. The van der Waals surface area contributed by atoms with Crippen molar-refractivity contribution in [1.82, 2.24) is 4.98 Å². The second-order valence-electron chi connectivity index (χ2n) is 4.50. The minimum atomic E-state index is -0.146. The summed E-state index contributed by atoms with van der Waals surface area (Å²) < 4.78 is 10.8. The van der Waals surface area contributed by atoms with E-state index in [1.807, 2.05) is 30.5 Å². The normalized spacial score (nSPS) is 16.9. The summed E-state index contributed by atoms with van der Waals surface area (Å²) in [5, 5.41) is 0.943. The number of esters is 1. The molecule has 1 aromatic carbocycles. The summed E-state index contributed by atoms with van der Waals surface area (Å²) in [6.07, 6.45) is 3.35. The average molecular weight is 245 g/mol. The van der Waals surface area contributed by atoms with Crippen LogP contribution in [0.1, 0.15) is 12.8 Å². The Balaban J connectivity index is 1.79. The Morgan fingerprint density at radius 3 is 2.94 bits per heavy atom. The highest BCUT2D eigenvalue weighted by atomic mass is 16.5. The average Bonchev–Trinajstić information content (AvgIpc) is 2.89. The quantitative estimate of drug-likeness (QED) is 0.653. The molecule has 2 aromatic rings. The third kappa shape index (κ3) is 2.11. The van der Waals surface area contributed by atoms with E-state index in [1.165, 1.54) is 0 Å². The number of aromatic amines is 1. The highest BCUT2D eigenvalue weighted by molar-refractivity contribution is 5.88. The molecule has 1 aromatic heterocycles. The predicted molar refractivity (Wildman–Crippen MR) is 67.5 cm³/mol. The third-order valence-electron chi connectivity index (χ3n) is 3.32. The monoisotopic (exact) mass is 245 g/mol. The van der Waals surface area contributed by atoms with Gasteiger partial charge in [0.15, 0.2) is 0 Å². The summed E-state index contributed by atoms with van der Waals surface area (Å²) in [4.78, 5) is 15.1. The van der Waals surface area contributed by atoms with Gasteiger partial charge in [-0.05, 0) is 31.0 Å². The molecule has 4 heteroatoms. The second-order valence-corrected chi connectivity index (χ2v) is 4.50. The van der Waals surface area contributed by atoms with Gasteiger partial charge in [-0.2, -0.15) is 0 Å². The number of rotatable bonds is 2. The largest absolute Gasteiger partial charge is 0.426 e. The number of aromatic nitrogens is 1. The summed E-state index contributed by atoms with van der Waals surface area (Å²) in [7, 11) is 0. The van der Waals surface area contributed by atoms with Crippen LogP contribution < -0.4 is 4.74 Å². The number of nitrogens with one attached hydrogen (secondary N) is 1. The Morgan fingerprint density at radius 2 is 2.11 bits per heavy atom. The van der Waals surface area contributed by atoms with Crippen molar-refractivity contribution in [3.8, 4) is 5.75 Å². The molecule has 0 radical (unpaired) electrons. The number of hydrogen-bond acceptors (Lipinski definition) is 3. The molecule has 1 aliphatic rings. The maximum absolute atomic E-state index is 12.0. The molecule has 0 spiro atoms. The SMILES string of the molecule is O=C(Oc1cccc2[nH]ccc12)C1CCOCC1. The van der Waals surface area contributed by atoms with Crippen LogP contribution in [0.3, 0.4) is 0 Å². The number of carbonyl (C=O) groups is 1. The Morgan fingerprint density at radius 1 is 1.28 bits per heavy atom. The van der Waals surface area contributed by atoms with Gasteiger partial charge in [0.2, 0.25) is 0 Å². The van der Waals surface area contributed by atoms with Crippen molar-refractivity contribution < 1.29 is 14.3 Å². The van der Waals surface area contributed by atoms with E-state index in [1.54, 1.807) is 0 Å². The van der Waals surface area contributed by atoms with E-state index in [0.29, 0.717) is 19.0 Å². The van der Waals surface area contributed by atoms with Gasteiger partial charge in [0.1, 0.15) is 5.75 Å². The van der Waals surface area contributed by atoms with Gasteiger partial charge in [-0.15, -0.1) is 0 Å². The maximum Gasteiger partial charge on any atom is 0.314 e. The van der Waals surface area contributed by atoms with Gasteiger partial charge >= 0.3 is 5.97 Å². The highest BCUT2D eigenvalue weighted by Crippen LogP contribution is 2.26. The highest BCUT2D eigenvalue weighted by Gasteiger charge is 2.23. The molecule has 1 fully saturated rings. The molecule has 18 heavy (non-hydrogen) atoms. The summed E-state index contributed by atoms with van der Waals surface area (Å²) in [6.45, 7) is 1.29. The van der Waals surface area contributed by atoms with Crippen LogP contribution >= 0.6 is 0 Å². The minimum absolute atomic E-state index is 0.0343. The van der Waals surface area contributed by atoms with Gasteiger partial charge in [-0.25, -0.2) is 0 Å². The number of benzene rings is 1. The lowest BCUT2D eigenvalue weighted by atomic mass is 10.0. The van der Waals surface area contributed by atoms with Gasteiger partial charge in [0, 0.05) is 30.3 Å². The molecule has 2 heterocycles. The van der Waals surface area contributed by atoms with Crippen LogP contribution in [0.2, 0.25) is 0 Å². The van der Waals surface area contributed by atoms with Crippen molar-refractivity contribution >= 4 is 16.9 Å². The maximum atomic E-state index is 12.0. The first-order chi connectivity index (χ1) is 8.84. The number of H-pyrrole nitrogens is 1. The molecule has 0 unspecified atom stereocenters. The minimum Gasteiger partial charge on any atom is -0.426 e. The lowest BCUT2D eigenvalue weighted by Crippen LogP contribution is -2.27. The number of ether oxygens (including phenoxy) is 2. The summed E-state index contributed by atoms with van der Waals surface area (Å²) in [5.74, 6) is 0.449. The van der Waals surface area contributed by atoms with Crippen LogP contribution in [0.15, 0.2) is 30.5 Å². The topological polar surface area (TPSA) is 51.3 Å². The lowest BCUT2D eigenvalue weighted by molar-refractivity contribution is -0.141. The fourth-order valence-corrected chi connectivity index (χ4v) is 2.27. The molecule has 1 aliphatic heterocycles. The fourth-order valence-electron chi connectivity index (χ4n) is 2.27. The van der Waals surface area contributed by atoms with Crippen molar-refractivity contribution in [2.24, 2.45) is 5.92 Å². The van der Waals surface area contributed by atoms with Crippen molar-refractivity contribution in [3.63, 3.8) is 0 Å². The van der Waals surface area contributed by atoms with Crippen LogP contribution in [0.5, 0.6) is 5.75 Å². The lowest BCUT2D eigenvalue weighted by Gasteiger charge is -2.20. The Labute approximate surface area is 105 Å². The van der Waals surface area contributed by atoms with Crippen LogP contribution in [0, 0.1) is 5.92 Å². The molecule has 1 saturated heterocycles. The molecule has 3 rings (SSSR count). The van der Waals surface area contributed by atoms with Crippen LogP contribution in [0.4, 0.5) is 0 Å². The second kappa shape index (κ2) is 4.82. The van der Waals surface area contributed by atoms with Crippen molar-refractivity contribution in [2.75, 3.05) is 13.2 Å². The first-order valence-corrected chi connectivity index (χ1v) is 6.20. The molecule has 1 N–H and O–H groups in total. The smallest absolute Gasteiger partial charge is 0.314 e. The van der Waals surface area contributed by atoms with Crippen molar-refractivity contribution in [1.29, 1.82) is 0 Å². The summed E-state index contributed by atoms with van der Waals surface area (Å²) in [5.41, 5.74) is 0.979. The van der Waals surface area contributed by atoms with Gasteiger partial charge in [0.05, 0.1) is 5.92 Å². The Hall–Kier alpha value is -1.81. The zero-order chi connectivity index (χ0) is 12.4. The van der Waals surface area contributed by atoms with E-state index in [9.17, 15) is 4.79 Å². The molecule has 0 saturated carbocycles. The summed E-state index contributed by atoms with van der Waals surface area (Å²) in [6, 6.07) is 7.59. The molecule has 0 amide bonds. The van der Waals surface area contributed by atoms with E-state index >= 15 is 0 Å². The molecule has 0 atom stereocenters. The Bertz CT molecular complexity index is 555. The van der Waals surface area contributed by atoms with Gasteiger partial charge < -0.3 is 14.5 Å². The van der Waals surface area contributed by atoms with Crippen LogP contribution in [-0.4, -0.2) is 24.2 Å². The van der Waals surface area contributed by atoms with Gasteiger partial charge in [-0.3, -0.25) is 4.79 Å². The van der Waals surface area contributed by atoms with Gasteiger partial charge in [-0.1, -0.05) is 6.07 Å². The molecule has 0 bridgehead atoms. The predicted octanol–water partition coefficient (Wildman–Crippen LogP) is 2.50. The van der Waals surface area contributed by atoms with E-state index in [-0.39, 0.29) is 11.9 Å². The van der Waals surface area contributed by atoms with E-state index < -0.39 is 0 Å². The molecule has 0 aliphatic carbocycles. The molecule has 94 valence electrons. The number of carbonyl (C=O) groups excluding carboxylic acids is 1. The Kier molecular flexibility index (Phi) is 3.02. The first-order valence-electron chi connectivity index (χ1n) is 6.20. The van der Waals surface area contributed by atoms with Crippen molar-refractivity contribution in [2.45, 2.75) is 12.8 Å². The summed E-state index contributed by atoms with van der Waals surface area (Å²) >= 11 is 0. The molecule has 4 nitrogen and oxygen atoms in total. The molecular weight excluding hydrogens is 230 g/mol. The van der Waals surface area contributed by atoms with Crippen LogP contribution in [-0.2, 0) is 9.53 Å². The number of hydrogen-bond donors (Lipinski definition) is 1. The van der Waals surface area contributed by atoms with Crippen molar-refractivity contribution in [3.05, 3.63) is 30.5 Å². The zero-order valence-corrected chi connectivity index (χ0v) is 10.0. The standard InChI is InChI=1S/C14H15NO3/c16-14(10-5-8-17-9-6-10)18-13-3-1-2-12-11(13)4-7-15-12/h1-4,7,10,15H,5-6,8-9H2. The number of fused-ring (bicyclic) bond motifs is 1. The van der Waals surface area contributed by atoms with Crippen LogP contribution in [0.25, 0.3) is 10.9 Å². The molecular formula is C14H15NO3. The first kappa shape index (κ1) is 11.3. The van der Waals surface area contributed by atoms with E-state index in [2.05, 4.69) is 4.98 Å². The van der Waals surface area contributed by atoms with E-state index in [4.69, 9.17) is 9.47 Å².